The lowest BCUT2D eigenvalue weighted by Crippen LogP contribution is -2.35. The number of allylic oxidation sites excluding steroid dienone is 1. The van der Waals surface area contributed by atoms with E-state index in [1.165, 1.54) is 0 Å². The van der Waals surface area contributed by atoms with E-state index in [2.05, 4.69) is 27.4 Å². The third-order valence-electron chi connectivity index (χ3n) is 7.07. The predicted molar refractivity (Wildman–Crippen MR) is 95.9 cm³/mol. The molecule has 3 heteroatoms. The van der Waals surface area contributed by atoms with Gasteiger partial charge < -0.3 is 9.47 Å². The van der Waals surface area contributed by atoms with Gasteiger partial charge in [-0.1, -0.05) is 27.4 Å². The fraction of sp³-hybridized carbons (Fsp3) is 0.857. The summed E-state index contributed by atoms with van der Waals surface area (Å²) in [4.78, 5) is 12.4. The van der Waals surface area contributed by atoms with E-state index in [1.54, 1.807) is 0 Å². The van der Waals surface area contributed by atoms with Crippen LogP contribution in [0, 0.1) is 17.8 Å². The van der Waals surface area contributed by atoms with E-state index in [1.807, 2.05) is 13.8 Å². The molecule has 136 valence electrons. The van der Waals surface area contributed by atoms with Crippen LogP contribution in [0.4, 0.5) is 0 Å². The maximum absolute atomic E-state index is 12.4. The zero-order valence-corrected chi connectivity index (χ0v) is 16.1. The van der Waals surface area contributed by atoms with Crippen molar-refractivity contribution in [1.29, 1.82) is 0 Å². The highest BCUT2D eigenvalue weighted by atomic mass is 16.6. The van der Waals surface area contributed by atoms with Crippen LogP contribution in [0.3, 0.4) is 0 Å². The Kier molecular flexibility index (Phi) is 4.72. The molecular formula is C21H34O3. The van der Waals surface area contributed by atoms with Gasteiger partial charge in [0.25, 0.3) is 0 Å². The number of hydrogen-bond acceptors (Lipinski definition) is 3. The number of ketones is 1. The Balaban J connectivity index is 0.000000815. The molecule has 4 fully saturated rings. The molecular weight excluding hydrogens is 300 g/mol. The van der Waals surface area contributed by atoms with Crippen molar-refractivity contribution in [2.45, 2.75) is 96.6 Å². The lowest BCUT2D eigenvalue weighted by atomic mass is 9.66. The molecule has 2 heterocycles. The van der Waals surface area contributed by atoms with Crippen LogP contribution in [-0.2, 0) is 14.3 Å². The normalized spacial score (nSPS) is 50.3. The van der Waals surface area contributed by atoms with Crippen LogP contribution in [0.15, 0.2) is 12.2 Å². The summed E-state index contributed by atoms with van der Waals surface area (Å²) in [6.07, 6.45) is 6.71. The zero-order valence-electron chi connectivity index (χ0n) is 16.1. The molecule has 0 spiro atoms. The van der Waals surface area contributed by atoms with Crippen LogP contribution in [0.5, 0.6) is 0 Å². The molecule has 0 aromatic carbocycles. The Hall–Kier alpha value is -0.670. The van der Waals surface area contributed by atoms with E-state index in [-0.39, 0.29) is 17.0 Å². The fourth-order valence-corrected chi connectivity index (χ4v) is 4.96. The second-order valence-corrected chi connectivity index (χ2v) is 8.53. The molecule has 2 aliphatic carbocycles. The highest BCUT2D eigenvalue weighted by Crippen LogP contribution is 2.53. The van der Waals surface area contributed by atoms with Gasteiger partial charge in [-0.15, -0.1) is 0 Å². The summed E-state index contributed by atoms with van der Waals surface area (Å²) < 4.78 is 12.0. The van der Waals surface area contributed by atoms with Crippen molar-refractivity contribution in [3.8, 4) is 0 Å². The first-order chi connectivity index (χ1) is 11.3. The van der Waals surface area contributed by atoms with Crippen LogP contribution in [-0.4, -0.2) is 29.2 Å². The lowest BCUT2D eigenvalue weighted by Gasteiger charge is -2.37. The highest BCUT2D eigenvalue weighted by Gasteiger charge is 2.58. The topological polar surface area (TPSA) is 42.1 Å². The van der Waals surface area contributed by atoms with E-state index in [0.29, 0.717) is 36.4 Å². The number of carbonyl (C=O) groups is 1. The maximum atomic E-state index is 12.4. The van der Waals surface area contributed by atoms with Gasteiger partial charge in [-0.25, -0.2) is 0 Å². The summed E-state index contributed by atoms with van der Waals surface area (Å²) in [5.74, 6) is 1.60. The largest absolute Gasteiger partial charge is 0.366 e. The van der Waals surface area contributed by atoms with Gasteiger partial charge in [-0.3, -0.25) is 4.79 Å². The molecule has 4 rings (SSSR count). The summed E-state index contributed by atoms with van der Waals surface area (Å²) >= 11 is 0. The number of ether oxygens (including phenoxy) is 2. The first-order valence-electron chi connectivity index (χ1n) is 9.90. The van der Waals surface area contributed by atoms with Crippen LogP contribution in [0.2, 0.25) is 0 Å². The van der Waals surface area contributed by atoms with E-state index in [0.717, 1.165) is 37.7 Å². The van der Waals surface area contributed by atoms with Crippen molar-refractivity contribution in [3.63, 3.8) is 0 Å². The number of rotatable bonds is 0. The highest BCUT2D eigenvalue weighted by molar-refractivity contribution is 5.96. The van der Waals surface area contributed by atoms with Gasteiger partial charge in [0.05, 0.1) is 23.4 Å². The van der Waals surface area contributed by atoms with Crippen molar-refractivity contribution >= 4 is 5.78 Å². The first kappa shape index (κ1) is 18.1. The second-order valence-electron chi connectivity index (χ2n) is 8.53. The summed E-state index contributed by atoms with van der Waals surface area (Å²) in [5.41, 5.74) is 0.912. The Labute approximate surface area is 147 Å². The molecule has 7 unspecified atom stereocenters. The third kappa shape index (κ3) is 3.10. The smallest absolute Gasteiger partial charge is 0.158 e. The quantitative estimate of drug-likeness (QED) is 0.477. The minimum atomic E-state index is 0.0237. The minimum absolute atomic E-state index is 0.0237. The van der Waals surface area contributed by atoms with Crippen LogP contribution in [0.1, 0.15) is 73.1 Å². The number of Topliss-reactive ketones (excluding diaryl/α,β-unsaturated/α-hetero) is 1. The molecule has 4 aliphatic rings. The Morgan fingerprint density at radius 1 is 1.04 bits per heavy atom. The monoisotopic (exact) mass is 334 g/mol. The van der Waals surface area contributed by atoms with Crippen molar-refractivity contribution in [1.82, 2.24) is 0 Å². The van der Waals surface area contributed by atoms with Gasteiger partial charge in [-0.2, -0.15) is 0 Å². The van der Waals surface area contributed by atoms with Crippen LogP contribution in [0.25, 0.3) is 0 Å². The van der Waals surface area contributed by atoms with Gasteiger partial charge in [-0.05, 0) is 69.3 Å². The van der Waals surface area contributed by atoms with Gasteiger partial charge in [0.2, 0.25) is 0 Å². The van der Waals surface area contributed by atoms with Gasteiger partial charge >= 0.3 is 0 Å². The average molecular weight is 335 g/mol. The summed E-state index contributed by atoms with van der Waals surface area (Å²) in [7, 11) is 0. The Morgan fingerprint density at radius 3 is 2.33 bits per heavy atom. The fourth-order valence-electron chi connectivity index (χ4n) is 4.96. The number of epoxide rings is 2. The second kappa shape index (κ2) is 6.25. The lowest BCUT2D eigenvalue weighted by molar-refractivity contribution is -0.119. The van der Waals surface area contributed by atoms with Crippen LogP contribution >= 0.6 is 0 Å². The molecule has 0 aromatic rings. The summed E-state index contributed by atoms with van der Waals surface area (Å²) in [6.45, 7) is 14.9. The molecule has 0 N–H and O–H groups in total. The molecule has 2 aliphatic heterocycles. The minimum Gasteiger partial charge on any atom is -0.366 e. The molecule has 2 saturated heterocycles. The molecule has 0 amide bonds. The maximum Gasteiger partial charge on any atom is 0.158 e. The van der Waals surface area contributed by atoms with Gasteiger partial charge in [0.15, 0.2) is 5.78 Å². The van der Waals surface area contributed by atoms with E-state index in [9.17, 15) is 4.79 Å². The molecule has 0 aromatic heterocycles. The summed E-state index contributed by atoms with van der Waals surface area (Å²) in [6, 6.07) is 0. The van der Waals surface area contributed by atoms with Crippen molar-refractivity contribution in [3.05, 3.63) is 12.2 Å². The predicted octanol–water partition coefficient (Wildman–Crippen LogP) is 4.69. The Morgan fingerprint density at radius 2 is 1.62 bits per heavy atom. The first-order valence-corrected chi connectivity index (χ1v) is 9.90. The molecule has 2 bridgehead atoms. The number of hydrogen-bond donors (Lipinski definition) is 0. The van der Waals surface area contributed by atoms with Gasteiger partial charge in [0, 0.05) is 6.42 Å². The van der Waals surface area contributed by atoms with E-state index < -0.39 is 0 Å². The van der Waals surface area contributed by atoms with E-state index >= 15 is 0 Å². The molecule has 2 saturated carbocycles. The van der Waals surface area contributed by atoms with E-state index in [4.69, 9.17) is 9.47 Å². The van der Waals surface area contributed by atoms with Crippen molar-refractivity contribution in [2.75, 3.05) is 0 Å². The number of fused-ring (bicyclic) bond motifs is 4. The molecule has 3 nitrogen and oxygen atoms in total. The van der Waals surface area contributed by atoms with Crippen molar-refractivity contribution < 1.29 is 14.3 Å². The standard InChI is InChI=1S/C19H28O3.C2H6/c1-11-13-9-15(20)12(2)14(11)5-7-18(3)16(21-18)6-8-19(4)17(10-13)22-19;1-2/h11,13-14,16-17H,2,5-10H2,1,3-4H3;1-2H3. The zero-order chi connectivity index (χ0) is 17.7. The summed E-state index contributed by atoms with van der Waals surface area (Å²) in [5, 5.41) is 0. The van der Waals surface area contributed by atoms with Crippen LogP contribution < -0.4 is 0 Å². The SMILES string of the molecule is C=C1C(=O)CC2CC3OC3(C)CCC3OC3(C)CCC1C2C.CC. The van der Waals surface area contributed by atoms with Gasteiger partial charge in [0.1, 0.15) is 0 Å². The average Bonchev–Trinajstić information content (AvgIpc) is 3.41. The number of carbonyl (C=O) groups excluding carboxylic acids is 1. The third-order valence-corrected chi connectivity index (χ3v) is 7.07. The molecule has 7 atom stereocenters. The Bertz CT molecular complexity index is 527. The molecule has 0 radical (unpaired) electrons. The molecule has 24 heavy (non-hydrogen) atoms. The van der Waals surface area contributed by atoms with Crippen molar-refractivity contribution in [2.24, 2.45) is 17.8 Å².